The molecule has 0 aromatic rings. The van der Waals surface area contributed by atoms with Gasteiger partial charge < -0.3 is 5.73 Å². The number of nitrogens with zero attached hydrogens (tertiary/aromatic N) is 1. The van der Waals surface area contributed by atoms with Crippen molar-refractivity contribution < 1.29 is 8.42 Å². The quantitative estimate of drug-likeness (QED) is 0.583. The van der Waals surface area contributed by atoms with Crippen molar-refractivity contribution in [1.82, 2.24) is 4.31 Å². The molecule has 17 heavy (non-hydrogen) atoms. The fraction of sp³-hybridized carbons (Fsp3) is 0.909. The van der Waals surface area contributed by atoms with Crippen LogP contribution in [-0.2, 0) is 10.0 Å². The highest BCUT2D eigenvalue weighted by Gasteiger charge is 2.36. The van der Waals surface area contributed by atoms with Gasteiger partial charge in [0.25, 0.3) is 0 Å². The van der Waals surface area contributed by atoms with E-state index in [1.54, 1.807) is 4.31 Å². The van der Waals surface area contributed by atoms with Crippen molar-refractivity contribution in [1.29, 1.82) is 5.41 Å². The molecule has 5 nitrogen and oxygen atoms in total. The molecule has 2 fully saturated rings. The van der Waals surface area contributed by atoms with Crippen LogP contribution in [0.1, 0.15) is 38.5 Å². The SMILES string of the molecule is N=C(N)C1CCN(S(=O)(=O)C2CCCC2)CC1. The Labute approximate surface area is 103 Å². The van der Waals surface area contributed by atoms with E-state index in [0.29, 0.717) is 25.9 Å². The van der Waals surface area contributed by atoms with Crippen molar-refractivity contribution in [3.8, 4) is 0 Å². The van der Waals surface area contributed by atoms with Crippen molar-refractivity contribution in [2.75, 3.05) is 13.1 Å². The van der Waals surface area contributed by atoms with E-state index in [0.717, 1.165) is 25.7 Å². The summed E-state index contributed by atoms with van der Waals surface area (Å²) < 4.78 is 26.2. The summed E-state index contributed by atoms with van der Waals surface area (Å²) in [5.41, 5.74) is 5.46. The Kier molecular flexibility index (Phi) is 3.73. The van der Waals surface area contributed by atoms with Crippen LogP contribution in [0, 0.1) is 11.3 Å². The molecule has 1 saturated heterocycles. The van der Waals surface area contributed by atoms with Gasteiger partial charge in [-0.05, 0) is 25.7 Å². The first-order chi connectivity index (χ1) is 8.01. The number of piperidine rings is 1. The molecular weight excluding hydrogens is 238 g/mol. The van der Waals surface area contributed by atoms with Gasteiger partial charge in [-0.15, -0.1) is 0 Å². The van der Waals surface area contributed by atoms with Gasteiger partial charge in [0.05, 0.1) is 11.1 Å². The van der Waals surface area contributed by atoms with Gasteiger partial charge in [-0.25, -0.2) is 12.7 Å². The largest absolute Gasteiger partial charge is 0.387 e. The Morgan fingerprint density at radius 3 is 2.12 bits per heavy atom. The Morgan fingerprint density at radius 1 is 1.12 bits per heavy atom. The lowest BCUT2D eigenvalue weighted by Crippen LogP contribution is -2.44. The lowest BCUT2D eigenvalue weighted by Gasteiger charge is -2.32. The van der Waals surface area contributed by atoms with Gasteiger partial charge in [0.15, 0.2) is 0 Å². The van der Waals surface area contributed by atoms with Crippen molar-refractivity contribution in [3.63, 3.8) is 0 Å². The molecule has 2 rings (SSSR count). The summed E-state index contributed by atoms with van der Waals surface area (Å²) in [6, 6.07) is 0. The zero-order chi connectivity index (χ0) is 12.5. The van der Waals surface area contributed by atoms with Gasteiger partial charge in [0.2, 0.25) is 10.0 Å². The van der Waals surface area contributed by atoms with Gasteiger partial charge in [-0.3, -0.25) is 5.41 Å². The molecule has 2 aliphatic rings. The molecule has 1 saturated carbocycles. The predicted octanol–water partition coefficient (Wildman–Crippen LogP) is 0.907. The zero-order valence-electron chi connectivity index (χ0n) is 10.1. The highest BCUT2D eigenvalue weighted by atomic mass is 32.2. The molecule has 0 unspecified atom stereocenters. The van der Waals surface area contributed by atoms with Gasteiger partial charge in [-0.2, -0.15) is 0 Å². The summed E-state index contributed by atoms with van der Waals surface area (Å²) in [7, 11) is -3.09. The molecule has 1 heterocycles. The van der Waals surface area contributed by atoms with Crippen LogP contribution < -0.4 is 5.73 Å². The highest BCUT2D eigenvalue weighted by molar-refractivity contribution is 7.89. The van der Waals surface area contributed by atoms with Crippen LogP contribution >= 0.6 is 0 Å². The number of nitrogens with one attached hydrogen (secondary N) is 1. The average Bonchev–Trinajstić information content (AvgIpc) is 2.83. The second-order valence-electron chi connectivity index (χ2n) is 5.08. The number of hydrogen-bond donors (Lipinski definition) is 2. The van der Waals surface area contributed by atoms with Crippen LogP contribution in [0.3, 0.4) is 0 Å². The molecule has 0 bridgehead atoms. The van der Waals surface area contributed by atoms with E-state index in [1.807, 2.05) is 0 Å². The maximum absolute atomic E-state index is 12.3. The number of rotatable bonds is 3. The zero-order valence-corrected chi connectivity index (χ0v) is 10.9. The summed E-state index contributed by atoms with van der Waals surface area (Å²) in [5.74, 6) is 0.271. The summed E-state index contributed by atoms with van der Waals surface area (Å²) in [5, 5.41) is 7.23. The summed E-state index contributed by atoms with van der Waals surface area (Å²) in [6.45, 7) is 1.06. The van der Waals surface area contributed by atoms with Gasteiger partial charge >= 0.3 is 0 Å². The van der Waals surface area contributed by atoms with E-state index < -0.39 is 10.0 Å². The molecule has 3 N–H and O–H groups in total. The topological polar surface area (TPSA) is 87.2 Å². The summed E-state index contributed by atoms with van der Waals surface area (Å²) in [6.07, 6.45) is 5.09. The van der Waals surface area contributed by atoms with Crippen molar-refractivity contribution in [2.24, 2.45) is 11.7 Å². The number of hydrogen-bond acceptors (Lipinski definition) is 3. The van der Waals surface area contributed by atoms with E-state index in [2.05, 4.69) is 0 Å². The van der Waals surface area contributed by atoms with Gasteiger partial charge in [-0.1, -0.05) is 12.8 Å². The third-order valence-electron chi connectivity index (χ3n) is 3.98. The molecule has 0 aromatic carbocycles. The Morgan fingerprint density at radius 2 is 1.65 bits per heavy atom. The van der Waals surface area contributed by atoms with E-state index in [-0.39, 0.29) is 17.0 Å². The summed E-state index contributed by atoms with van der Waals surface area (Å²) in [4.78, 5) is 0. The van der Waals surface area contributed by atoms with Crippen LogP contribution in [0.2, 0.25) is 0 Å². The van der Waals surface area contributed by atoms with Gasteiger partial charge in [0, 0.05) is 19.0 Å². The molecule has 98 valence electrons. The molecule has 0 amide bonds. The number of nitrogens with two attached hydrogens (primary N) is 1. The van der Waals surface area contributed by atoms with Crippen LogP contribution in [0.4, 0.5) is 0 Å². The molecule has 0 atom stereocenters. The standard InChI is InChI=1S/C11H21N3O2S/c12-11(13)9-5-7-14(8-6-9)17(15,16)10-3-1-2-4-10/h9-10H,1-8H2,(H3,12,13). The monoisotopic (exact) mass is 259 g/mol. The third kappa shape index (κ3) is 2.63. The van der Waals surface area contributed by atoms with Crippen molar-refractivity contribution >= 4 is 15.9 Å². The Bertz CT molecular complexity index is 380. The van der Waals surface area contributed by atoms with E-state index >= 15 is 0 Å². The number of sulfonamides is 1. The average molecular weight is 259 g/mol. The minimum Gasteiger partial charge on any atom is -0.387 e. The minimum atomic E-state index is -3.09. The van der Waals surface area contributed by atoms with E-state index in [1.165, 1.54) is 0 Å². The maximum atomic E-state index is 12.3. The first-order valence-electron chi connectivity index (χ1n) is 6.34. The molecular formula is C11H21N3O2S. The lowest BCUT2D eigenvalue weighted by molar-refractivity contribution is 0.311. The van der Waals surface area contributed by atoms with Crippen molar-refractivity contribution in [2.45, 2.75) is 43.8 Å². The van der Waals surface area contributed by atoms with Crippen LogP contribution in [0.25, 0.3) is 0 Å². The molecule has 0 radical (unpaired) electrons. The second-order valence-corrected chi connectivity index (χ2v) is 7.29. The predicted molar refractivity (Wildman–Crippen MR) is 67.4 cm³/mol. The normalized spacial score (nSPS) is 25.2. The van der Waals surface area contributed by atoms with E-state index in [9.17, 15) is 8.42 Å². The molecule has 6 heteroatoms. The van der Waals surface area contributed by atoms with Crippen molar-refractivity contribution in [3.05, 3.63) is 0 Å². The van der Waals surface area contributed by atoms with Crippen LogP contribution in [0.5, 0.6) is 0 Å². The number of amidine groups is 1. The van der Waals surface area contributed by atoms with E-state index in [4.69, 9.17) is 11.1 Å². The fourth-order valence-electron chi connectivity index (χ4n) is 2.82. The molecule has 0 aromatic heterocycles. The fourth-order valence-corrected chi connectivity index (χ4v) is 4.89. The smallest absolute Gasteiger partial charge is 0.216 e. The third-order valence-corrected chi connectivity index (χ3v) is 6.38. The Balaban J connectivity index is 1.98. The maximum Gasteiger partial charge on any atom is 0.216 e. The Hall–Kier alpha value is -0.620. The lowest BCUT2D eigenvalue weighted by atomic mass is 9.97. The highest BCUT2D eigenvalue weighted by Crippen LogP contribution is 2.29. The molecule has 1 aliphatic carbocycles. The molecule has 1 aliphatic heterocycles. The second kappa shape index (κ2) is 4.94. The van der Waals surface area contributed by atoms with Crippen LogP contribution in [-0.4, -0.2) is 36.9 Å². The van der Waals surface area contributed by atoms with Crippen LogP contribution in [0.15, 0.2) is 0 Å². The molecule has 0 spiro atoms. The van der Waals surface area contributed by atoms with Gasteiger partial charge in [0.1, 0.15) is 0 Å². The first kappa shape index (κ1) is 12.8. The minimum absolute atomic E-state index is 0.0741. The first-order valence-corrected chi connectivity index (χ1v) is 7.85. The summed E-state index contributed by atoms with van der Waals surface area (Å²) >= 11 is 0.